The van der Waals surface area contributed by atoms with E-state index in [4.69, 9.17) is 4.74 Å². The van der Waals surface area contributed by atoms with Crippen LogP contribution in [0.5, 0.6) is 6.01 Å². The predicted octanol–water partition coefficient (Wildman–Crippen LogP) is 3.59. The Morgan fingerprint density at radius 2 is 1.94 bits per heavy atom. The van der Waals surface area contributed by atoms with Gasteiger partial charge in [0.15, 0.2) is 0 Å². The molecule has 0 N–H and O–H groups in total. The van der Waals surface area contributed by atoms with E-state index in [0.717, 1.165) is 31.3 Å². The highest BCUT2D eigenvalue weighted by molar-refractivity contribution is 5.60. The second-order valence-electron chi connectivity index (χ2n) is 7.67. The second-order valence-corrected chi connectivity index (χ2v) is 7.67. The average Bonchev–Trinajstić information content (AvgIpc) is 3.25. The molecule has 0 radical (unpaired) electrons. The Morgan fingerprint density at radius 3 is 2.61 bits per heavy atom. The Balaban J connectivity index is 0.000000166. The smallest absolute Gasteiger partial charge is 0.414 e. The van der Waals surface area contributed by atoms with Crippen LogP contribution in [0.25, 0.3) is 11.3 Å². The summed E-state index contributed by atoms with van der Waals surface area (Å²) < 4.78 is 33.3. The van der Waals surface area contributed by atoms with Gasteiger partial charge in [0.25, 0.3) is 0 Å². The SMILES string of the molecule is CC1Cn2cc([N+](=O)[O-])nc2O1.CN1CCc2nc(-c3cc(F)cc(F)c3)ccc2C1. The van der Waals surface area contributed by atoms with E-state index < -0.39 is 16.6 Å². The molecule has 2 aliphatic rings. The van der Waals surface area contributed by atoms with E-state index in [-0.39, 0.29) is 11.9 Å². The summed E-state index contributed by atoms with van der Waals surface area (Å²) in [5, 5.41) is 10.3. The molecule has 8 nitrogen and oxygen atoms in total. The zero-order chi connectivity index (χ0) is 22.1. The fourth-order valence-corrected chi connectivity index (χ4v) is 3.61. The summed E-state index contributed by atoms with van der Waals surface area (Å²) in [5.74, 6) is -1.31. The number of pyridine rings is 1. The molecule has 31 heavy (non-hydrogen) atoms. The van der Waals surface area contributed by atoms with Crippen molar-refractivity contribution in [2.45, 2.75) is 32.5 Å². The van der Waals surface area contributed by atoms with Gasteiger partial charge in [0.1, 0.15) is 23.9 Å². The van der Waals surface area contributed by atoms with Gasteiger partial charge in [-0.15, -0.1) is 0 Å². The third-order valence-corrected chi connectivity index (χ3v) is 5.07. The maximum absolute atomic E-state index is 13.2. The number of imidazole rings is 1. The number of fused-ring (bicyclic) bond motifs is 2. The minimum atomic E-state index is -0.575. The molecule has 162 valence electrons. The second kappa shape index (κ2) is 8.38. The summed E-state index contributed by atoms with van der Waals surface area (Å²) in [6, 6.07) is 7.66. The number of ether oxygens (including phenoxy) is 1. The quantitative estimate of drug-likeness (QED) is 0.457. The molecule has 0 spiro atoms. The first-order chi connectivity index (χ1) is 14.8. The highest BCUT2D eigenvalue weighted by Gasteiger charge is 2.28. The van der Waals surface area contributed by atoms with Gasteiger partial charge in [0.2, 0.25) is 0 Å². The molecule has 0 saturated carbocycles. The molecule has 0 bridgehead atoms. The monoisotopic (exact) mass is 429 g/mol. The van der Waals surface area contributed by atoms with E-state index in [0.29, 0.717) is 23.8 Å². The Bertz CT molecular complexity index is 1090. The fourth-order valence-electron chi connectivity index (χ4n) is 3.61. The van der Waals surface area contributed by atoms with Crippen molar-refractivity contribution in [3.8, 4) is 17.3 Å². The number of aromatic nitrogens is 3. The molecule has 0 fully saturated rings. The number of rotatable bonds is 2. The Hall–Kier alpha value is -3.40. The zero-order valence-corrected chi connectivity index (χ0v) is 17.1. The molecule has 2 aliphatic heterocycles. The van der Waals surface area contributed by atoms with Crippen LogP contribution in [-0.4, -0.2) is 44.1 Å². The molecule has 1 atom stereocenters. The van der Waals surface area contributed by atoms with Crippen LogP contribution < -0.4 is 4.74 Å². The number of halogens is 2. The normalized spacial score (nSPS) is 17.2. The van der Waals surface area contributed by atoms with Gasteiger partial charge in [-0.2, -0.15) is 0 Å². The Morgan fingerprint density at radius 1 is 1.19 bits per heavy atom. The molecular formula is C21H21F2N5O3. The number of nitro groups is 1. The first-order valence-corrected chi connectivity index (χ1v) is 9.80. The van der Waals surface area contributed by atoms with Gasteiger partial charge in [-0.05, 0) is 42.7 Å². The van der Waals surface area contributed by atoms with Crippen molar-refractivity contribution in [3.05, 3.63) is 69.5 Å². The van der Waals surface area contributed by atoms with Crippen LogP contribution >= 0.6 is 0 Å². The fraction of sp³-hybridized carbons (Fsp3) is 0.333. The average molecular weight is 429 g/mol. The molecule has 1 aromatic carbocycles. The number of hydrogen-bond donors (Lipinski definition) is 0. The van der Waals surface area contributed by atoms with Crippen LogP contribution in [0, 0.1) is 21.7 Å². The van der Waals surface area contributed by atoms with Crippen LogP contribution in [0.2, 0.25) is 0 Å². The van der Waals surface area contributed by atoms with Crippen molar-refractivity contribution in [3.63, 3.8) is 0 Å². The van der Waals surface area contributed by atoms with Gasteiger partial charge in [0, 0.05) is 41.8 Å². The number of likely N-dealkylation sites (N-methyl/N-ethyl adjacent to an activating group) is 1. The van der Waals surface area contributed by atoms with E-state index in [1.54, 1.807) is 4.57 Å². The molecule has 2 aromatic heterocycles. The van der Waals surface area contributed by atoms with Crippen LogP contribution in [0.1, 0.15) is 18.2 Å². The molecule has 3 aromatic rings. The summed E-state index contributed by atoms with van der Waals surface area (Å²) in [6.07, 6.45) is 2.32. The predicted molar refractivity (Wildman–Crippen MR) is 109 cm³/mol. The number of nitrogens with zero attached hydrogens (tertiary/aromatic N) is 5. The Labute approximate surface area is 177 Å². The Kier molecular flexibility index (Phi) is 5.64. The molecular weight excluding hydrogens is 408 g/mol. The van der Waals surface area contributed by atoms with Crippen LogP contribution in [0.3, 0.4) is 0 Å². The molecule has 0 saturated heterocycles. The van der Waals surface area contributed by atoms with Gasteiger partial charge in [-0.25, -0.2) is 8.78 Å². The molecule has 0 amide bonds. The minimum Gasteiger partial charge on any atom is -0.441 e. The molecule has 10 heteroatoms. The van der Waals surface area contributed by atoms with Gasteiger partial charge < -0.3 is 19.8 Å². The van der Waals surface area contributed by atoms with E-state index in [2.05, 4.69) is 21.9 Å². The highest BCUT2D eigenvalue weighted by Crippen LogP contribution is 2.25. The van der Waals surface area contributed by atoms with E-state index in [1.807, 2.05) is 19.1 Å². The van der Waals surface area contributed by atoms with Crippen molar-refractivity contribution in [1.82, 2.24) is 19.4 Å². The van der Waals surface area contributed by atoms with E-state index >= 15 is 0 Å². The van der Waals surface area contributed by atoms with E-state index in [1.165, 1.54) is 23.9 Å². The van der Waals surface area contributed by atoms with Crippen molar-refractivity contribution < 1.29 is 18.4 Å². The third-order valence-electron chi connectivity index (χ3n) is 5.07. The summed E-state index contributed by atoms with van der Waals surface area (Å²) in [4.78, 5) is 20.2. The first kappa shape index (κ1) is 20.9. The molecule has 4 heterocycles. The zero-order valence-electron chi connectivity index (χ0n) is 17.1. The van der Waals surface area contributed by atoms with Gasteiger partial charge in [-0.1, -0.05) is 6.07 Å². The van der Waals surface area contributed by atoms with Crippen LogP contribution in [-0.2, 0) is 19.5 Å². The first-order valence-electron chi connectivity index (χ1n) is 9.80. The highest BCUT2D eigenvalue weighted by atomic mass is 19.1. The van der Waals surface area contributed by atoms with Crippen molar-refractivity contribution >= 4 is 5.82 Å². The molecule has 1 unspecified atom stereocenters. The standard InChI is InChI=1S/C15H14F2N2.C6H7N3O3/c1-19-5-4-15-10(9-19)2-3-14(18-15)11-6-12(16)8-13(17)7-11;1-4-2-8-3-5(9(10)11)7-6(8)12-4/h2-3,6-8H,4-5,9H2,1H3;3-4H,2H2,1H3. The lowest BCUT2D eigenvalue weighted by Crippen LogP contribution is -2.27. The lowest BCUT2D eigenvalue weighted by molar-refractivity contribution is -0.389. The third kappa shape index (κ3) is 4.69. The molecule has 5 rings (SSSR count). The summed E-state index contributed by atoms with van der Waals surface area (Å²) in [6.45, 7) is 4.36. The summed E-state index contributed by atoms with van der Waals surface area (Å²) in [7, 11) is 2.07. The van der Waals surface area contributed by atoms with Crippen molar-refractivity contribution in [1.29, 1.82) is 0 Å². The van der Waals surface area contributed by atoms with Gasteiger partial charge in [0.05, 0.1) is 12.2 Å². The van der Waals surface area contributed by atoms with Crippen LogP contribution in [0.15, 0.2) is 36.5 Å². The van der Waals surface area contributed by atoms with Crippen LogP contribution in [0.4, 0.5) is 14.6 Å². The maximum Gasteiger partial charge on any atom is 0.414 e. The maximum atomic E-state index is 13.2. The number of hydrogen-bond acceptors (Lipinski definition) is 6. The van der Waals surface area contributed by atoms with Gasteiger partial charge in [-0.3, -0.25) is 9.55 Å². The lowest BCUT2D eigenvalue weighted by Gasteiger charge is -2.24. The van der Waals surface area contributed by atoms with Crippen molar-refractivity contribution in [2.24, 2.45) is 0 Å². The number of benzene rings is 1. The lowest BCUT2D eigenvalue weighted by atomic mass is 10.0. The summed E-state index contributed by atoms with van der Waals surface area (Å²) in [5.41, 5.74) is 3.33. The minimum absolute atomic E-state index is 0.0632. The van der Waals surface area contributed by atoms with E-state index in [9.17, 15) is 18.9 Å². The largest absolute Gasteiger partial charge is 0.441 e. The van der Waals surface area contributed by atoms with Crippen molar-refractivity contribution in [2.75, 3.05) is 13.6 Å². The topological polar surface area (TPSA) is 86.3 Å². The molecule has 0 aliphatic carbocycles. The van der Waals surface area contributed by atoms with Gasteiger partial charge >= 0.3 is 11.8 Å². The summed E-state index contributed by atoms with van der Waals surface area (Å²) >= 11 is 0.